The summed E-state index contributed by atoms with van der Waals surface area (Å²) in [6.45, 7) is 16.0. The molecule has 0 saturated heterocycles. The zero-order valence-corrected chi connectivity index (χ0v) is 11.0. The fraction of sp³-hybridized carbons (Fsp3) is 0.600. The predicted molar refractivity (Wildman–Crippen MR) is 69.3 cm³/mol. The van der Waals surface area contributed by atoms with Gasteiger partial charge in [-0.3, -0.25) is 4.72 Å². The molecule has 0 aromatic rings. The van der Waals surface area contributed by atoms with Crippen molar-refractivity contribution in [1.29, 1.82) is 0 Å². The van der Waals surface area contributed by atoms with E-state index in [1.54, 1.807) is 18.2 Å². The quantitative estimate of drug-likeness (QED) is 0.427. The van der Waals surface area contributed by atoms with Crippen molar-refractivity contribution in [2.75, 3.05) is 6.26 Å². The molecule has 78 valence electrons. The Kier molecular flexibility index (Phi) is 9.05. The van der Waals surface area contributed by atoms with Crippen LogP contribution in [0.15, 0.2) is 23.6 Å². The van der Waals surface area contributed by atoms with Gasteiger partial charge in [-0.2, -0.15) is 12.6 Å². The maximum Gasteiger partial charge on any atom is 0.0201 e. The molecule has 0 radical (unpaired) electrons. The molecule has 0 bridgehead atoms. The second-order valence-electron chi connectivity index (χ2n) is 3.66. The average Bonchev–Trinajstić information content (AvgIpc) is 2.02. The first-order chi connectivity index (χ1) is 5.83. The van der Waals surface area contributed by atoms with E-state index in [0.29, 0.717) is 0 Å². The van der Waals surface area contributed by atoms with Crippen LogP contribution in [0.2, 0.25) is 0 Å². The molecule has 0 spiro atoms. The van der Waals surface area contributed by atoms with Gasteiger partial charge in [0, 0.05) is 10.4 Å². The van der Waals surface area contributed by atoms with Gasteiger partial charge in [-0.05, 0) is 51.5 Å². The third-order valence-electron chi connectivity index (χ3n) is 0.956. The Labute approximate surface area is 92.6 Å². The van der Waals surface area contributed by atoms with E-state index in [0.717, 1.165) is 10.5 Å². The van der Waals surface area contributed by atoms with Crippen LogP contribution in [0.5, 0.6) is 0 Å². The number of rotatable bonds is 3. The molecule has 0 fully saturated rings. The highest BCUT2D eigenvalue weighted by atomic mass is 32.2. The average molecular weight is 219 g/mol. The van der Waals surface area contributed by atoms with Gasteiger partial charge in [0.1, 0.15) is 0 Å². The fourth-order valence-corrected chi connectivity index (χ4v) is 0.905. The van der Waals surface area contributed by atoms with Crippen molar-refractivity contribution in [1.82, 2.24) is 4.72 Å². The second kappa shape index (κ2) is 7.54. The van der Waals surface area contributed by atoms with Gasteiger partial charge in [-0.1, -0.05) is 13.2 Å². The zero-order valence-electron chi connectivity index (χ0n) is 9.27. The number of allylic oxidation sites excluding steroid dienone is 1. The van der Waals surface area contributed by atoms with Gasteiger partial charge in [0.05, 0.1) is 0 Å². The van der Waals surface area contributed by atoms with Gasteiger partial charge >= 0.3 is 0 Å². The molecule has 0 atom stereocenters. The van der Waals surface area contributed by atoms with Crippen molar-refractivity contribution < 1.29 is 0 Å². The van der Waals surface area contributed by atoms with Gasteiger partial charge in [0.2, 0.25) is 0 Å². The van der Waals surface area contributed by atoms with E-state index >= 15 is 0 Å². The number of hydrogen-bond donors (Lipinski definition) is 2. The smallest absolute Gasteiger partial charge is 0.0201 e. The number of hydrogen-bond acceptors (Lipinski definition) is 3. The molecule has 0 aromatic carbocycles. The van der Waals surface area contributed by atoms with Crippen molar-refractivity contribution in [2.45, 2.75) is 33.2 Å². The number of nitrogens with one attached hydrogen (secondary N) is 1. The van der Waals surface area contributed by atoms with Crippen LogP contribution in [0.4, 0.5) is 0 Å². The highest BCUT2D eigenvalue weighted by molar-refractivity contribution is 8.01. The van der Waals surface area contributed by atoms with Crippen LogP contribution in [0, 0.1) is 0 Å². The van der Waals surface area contributed by atoms with Crippen LogP contribution in [-0.4, -0.2) is 11.8 Å². The SMILES string of the molecule is C=C(C)C(=C)SNC(C)(C)C.CS. The Bertz CT molecular complexity index is 168. The van der Waals surface area contributed by atoms with E-state index in [-0.39, 0.29) is 5.54 Å². The Morgan fingerprint density at radius 3 is 1.85 bits per heavy atom. The lowest BCUT2D eigenvalue weighted by atomic mass is 10.1. The predicted octanol–water partition coefficient (Wildman–Crippen LogP) is 3.66. The summed E-state index contributed by atoms with van der Waals surface area (Å²) in [6.07, 6.45) is 1.69. The Morgan fingerprint density at radius 2 is 1.62 bits per heavy atom. The van der Waals surface area contributed by atoms with Crippen molar-refractivity contribution in [3.05, 3.63) is 23.6 Å². The summed E-state index contributed by atoms with van der Waals surface area (Å²) >= 11 is 5.08. The molecular formula is C10H21NS2. The minimum Gasteiger partial charge on any atom is -0.255 e. The van der Waals surface area contributed by atoms with Gasteiger partial charge in [0.25, 0.3) is 0 Å². The Balaban J connectivity index is 0. The van der Waals surface area contributed by atoms with Gasteiger partial charge in [-0.15, -0.1) is 0 Å². The fourth-order valence-electron chi connectivity index (χ4n) is 0.302. The molecule has 3 heteroatoms. The van der Waals surface area contributed by atoms with E-state index < -0.39 is 0 Å². The van der Waals surface area contributed by atoms with Crippen molar-refractivity contribution in [3.63, 3.8) is 0 Å². The van der Waals surface area contributed by atoms with E-state index in [4.69, 9.17) is 0 Å². The lowest BCUT2D eigenvalue weighted by Gasteiger charge is -2.20. The van der Waals surface area contributed by atoms with Crippen LogP contribution in [-0.2, 0) is 0 Å². The molecule has 1 N–H and O–H groups in total. The molecular weight excluding hydrogens is 198 g/mol. The molecule has 13 heavy (non-hydrogen) atoms. The summed E-state index contributed by atoms with van der Waals surface area (Å²) in [5.41, 5.74) is 1.15. The van der Waals surface area contributed by atoms with E-state index in [1.165, 1.54) is 0 Å². The highest BCUT2D eigenvalue weighted by Crippen LogP contribution is 2.19. The first-order valence-electron chi connectivity index (χ1n) is 4.06. The molecule has 0 amide bonds. The summed E-state index contributed by atoms with van der Waals surface area (Å²) < 4.78 is 3.26. The van der Waals surface area contributed by atoms with E-state index in [9.17, 15) is 0 Å². The molecule has 0 aliphatic rings. The van der Waals surface area contributed by atoms with Gasteiger partial charge in [-0.25, -0.2) is 0 Å². The largest absolute Gasteiger partial charge is 0.255 e. The molecule has 0 saturated carbocycles. The minimum atomic E-state index is 0.128. The first-order valence-corrected chi connectivity index (χ1v) is 5.77. The summed E-state index contributed by atoms with van der Waals surface area (Å²) in [4.78, 5) is 1.000. The Hall–Kier alpha value is 0.140. The van der Waals surface area contributed by atoms with Crippen molar-refractivity contribution in [3.8, 4) is 0 Å². The van der Waals surface area contributed by atoms with Crippen LogP contribution >= 0.6 is 24.6 Å². The van der Waals surface area contributed by atoms with E-state index in [2.05, 4.69) is 51.3 Å². The van der Waals surface area contributed by atoms with Gasteiger partial charge in [0.15, 0.2) is 0 Å². The molecule has 0 rings (SSSR count). The molecule has 0 unspecified atom stereocenters. The van der Waals surface area contributed by atoms with Gasteiger partial charge < -0.3 is 0 Å². The highest BCUT2D eigenvalue weighted by Gasteiger charge is 2.09. The first kappa shape index (κ1) is 15.6. The standard InChI is InChI=1S/C9H17NS.CH4S/c1-7(2)8(3)11-10-9(4,5)6;1-2/h10H,1,3H2,2,4-6H3;2H,1H3. The minimum absolute atomic E-state index is 0.128. The molecule has 0 aliphatic heterocycles. The summed E-state index contributed by atoms with van der Waals surface area (Å²) in [5.74, 6) is 0. The van der Waals surface area contributed by atoms with Crippen LogP contribution in [0.25, 0.3) is 0 Å². The third kappa shape index (κ3) is 12.1. The molecule has 1 nitrogen and oxygen atoms in total. The van der Waals surface area contributed by atoms with Crippen molar-refractivity contribution >= 4 is 24.6 Å². The van der Waals surface area contributed by atoms with Crippen LogP contribution < -0.4 is 4.72 Å². The van der Waals surface area contributed by atoms with Crippen molar-refractivity contribution in [2.24, 2.45) is 0 Å². The second-order valence-corrected chi connectivity index (χ2v) is 4.56. The van der Waals surface area contributed by atoms with Crippen LogP contribution in [0.1, 0.15) is 27.7 Å². The third-order valence-corrected chi connectivity index (χ3v) is 2.27. The maximum absolute atomic E-state index is 3.86. The molecule has 0 heterocycles. The molecule has 0 aromatic heterocycles. The maximum atomic E-state index is 3.86. The van der Waals surface area contributed by atoms with Crippen LogP contribution in [0.3, 0.4) is 0 Å². The number of thiol groups is 1. The normalized spacial score (nSPS) is 10.0. The van der Waals surface area contributed by atoms with E-state index in [1.807, 2.05) is 6.92 Å². The summed E-state index contributed by atoms with van der Waals surface area (Å²) in [6, 6.07) is 0. The molecule has 0 aliphatic carbocycles. The monoisotopic (exact) mass is 219 g/mol. The Morgan fingerprint density at radius 1 is 1.23 bits per heavy atom. The summed E-state index contributed by atoms with van der Waals surface area (Å²) in [5, 5.41) is 0. The lowest BCUT2D eigenvalue weighted by molar-refractivity contribution is 0.536. The lowest BCUT2D eigenvalue weighted by Crippen LogP contribution is -2.29. The topological polar surface area (TPSA) is 12.0 Å². The zero-order chi connectivity index (χ0) is 11.1. The summed E-state index contributed by atoms with van der Waals surface area (Å²) in [7, 11) is 0.